The highest BCUT2D eigenvalue weighted by molar-refractivity contribution is 5.49. The van der Waals surface area contributed by atoms with E-state index in [2.05, 4.69) is 19.1 Å². The van der Waals surface area contributed by atoms with Crippen molar-refractivity contribution in [2.45, 2.75) is 83.0 Å². The Morgan fingerprint density at radius 1 is 1.05 bits per heavy atom. The van der Waals surface area contributed by atoms with E-state index in [9.17, 15) is 8.78 Å². The average molecular weight is 292 g/mol. The van der Waals surface area contributed by atoms with Gasteiger partial charge in [0.15, 0.2) is 0 Å². The van der Waals surface area contributed by atoms with Crippen LogP contribution in [0.2, 0.25) is 0 Å². The van der Waals surface area contributed by atoms with E-state index < -0.39 is 12.3 Å². The van der Waals surface area contributed by atoms with Gasteiger partial charge in [-0.1, -0.05) is 31.9 Å². The minimum Gasteiger partial charge on any atom is -0.244 e. The van der Waals surface area contributed by atoms with Gasteiger partial charge in [0.05, 0.1) is 0 Å². The molecule has 0 amide bonds. The second-order valence-corrected chi connectivity index (χ2v) is 6.73. The molecule has 1 saturated carbocycles. The summed E-state index contributed by atoms with van der Waals surface area (Å²) in [5.74, 6) is -0.201. The van der Waals surface area contributed by atoms with Gasteiger partial charge >= 0.3 is 0 Å². The van der Waals surface area contributed by atoms with Crippen LogP contribution in [0.25, 0.3) is 0 Å². The van der Waals surface area contributed by atoms with Crippen LogP contribution in [0.15, 0.2) is 12.1 Å². The molecule has 1 fully saturated rings. The molecular weight excluding hydrogens is 266 g/mol. The summed E-state index contributed by atoms with van der Waals surface area (Å²) >= 11 is 0. The van der Waals surface area contributed by atoms with Gasteiger partial charge in [-0.25, -0.2) is 8.78 Å². The third-order valence-electron chi connectivity index (χ3n) is 5.36. The molecule has 0 saturated heterocycles. The third kappa shape index (κ3) is 2.86. The zero-order chi connectivity index (χ0) is 14.8. The molecule has 2 aliphatic carbocycles. The summed E-state index contributed by atoms with van der Waals surface area (Å²) in [4.78, 5) is 0. The molecule has 116 valence electrons. The van der Waals surface area contributed by atoms with E-state index >= 15 is 0 Å². The number of rotatable bonds is 5. The average Bonchev–Trinajstić information content (AvgIpc) is 2.44. The summed E-state index contributed by atoms with van der Waals surface area (Å²) in [6.07, 6.45) is 6.56. The Morgan fingerprint density at radius 2 is 1.86 bits per heavy atom. The van der Waals surface area contributed by atoms with Crippen molar-refractivity contribution < 1.29 is 8.78 Å². The third-order valence-corrected chi connectivity index (χ3v) is 5.36. The van der Waals surface area contributed by atoms with Gasteiger partial charge in [0.1, 0.15) is 12.3 Å². The fourth-order valence-electron chi connectivity index (χ4n) is 4.02. The Bertz CT molecular complexity index is 495. The van der Waals surface area contributed by atoms with Gasteiger partial charge in [-0.15, -0.1) is 0 Å². The molecule has 1 aromatic rings. The molecule has 0 spiro atoms. The molecule has 21 heavy (non-hydrogen) atoms. The zero-order valence-corrected chi connectivity index (χ0v) is 13.0. The Labute approximate surface area is 126 Å². The number of unbranched alkanes of at least 4 members (excludes halogenated alkanes) is 2. The Kier molecular flexibility index (Phi) is 4.61. The van der Waals surface area contributed by atoms with Crippen LogP contribution in [-0.4, -0.2) is 12.3 Å². The van der Waals surface area contributed by atoms with E-state index in [1.54, 1.807) is 0 Å². The minimum atomic E-state index is -1.30. The molecule has 1 aromatic carbocycles. The van der Waals surface area contributed by atoms with Gasteiger partial charge in [-0.2, -0.15) is 0 Å². The maximum atomic E-state index is 14.2. The molecule has 0 bridgehead atoms. The van der Waals surface area contributed by atoms with Crippen LogP contribution < -0.4 is 0 Å². The van der Waals surface area contributed by atoms with Gasteiger partial charge in [-0.05, 0) is 67.2 Å². The highest BCUT2D eigenvalue weighted by Gasteiger charge is 2.37. The van der Waals surface area contributed by atoms with E-state index in [0.29, 0.717) is 6.42 Å². The molecule has 0 N–H and O–H groups in total. The summed E-state index contributed by atoms with van der Waals surface area (Å²) in [5, 5.41) is 0. The largest absolute Gasteiger partial charge is 0.244 e. The van der Waals surface area contributed by atoms with Crippen LogP contribution in [-0.2, 0) is 19.3 Å². The molecule has 2 aliphatic rings. The second-order valence-electron chi connectivity index (χ2n) is 6.73. The molecular formula is C19H26F2. The number of halogens is 2. The topological polar surface area (TPSA) is 0 Å². The number of benzene rings is 1. The first-order valence-electron chi connectivity index (χ1n) is 8.64. The van der Waals surface area contributed by atoms with Gasteiger partial charge in [0.25, 0.3) is 0 Å². The maximum Gasteiger partial charge on any atom is 0.138 e. The van der Waals surface area contributed by atoms with Gasteiger partial charge in [0.2, 0.25) is 0 Å². The fourth-order valence-corrected chi connectivity index (χ4v) is 4.02. The van der Waals surface area contributed by atoms with Crippen molar-refractivity contribution in [2.24, 2.45) is 0 Å². The molecule has 0 radical (unpaired) electrons. The van der Waals surface area contributed by atoms with Crippen molar-refractivity contribution in [3.63, 3.8) is 0 Å². The molecule has 0 aliphatic heterocycles. The van der Waals surface area contributed by atoms with Crippen molar-refractivity contribution in [2.75, 3.05) is 0 Å². The summed E-state index contributed by atoms with van der Waals surface area (Å²) in [6, 6.07) is 4.30. The first kappa shape index (κ1) is 15.0. The molecule has 3 unspecified atom stereocenters. The van der Waals surface area contributed by atoms with Gasteiger partial charge in [0, 0.05) is 5.92 Å². The Morgan fingerprint density at radius 3 is 2.57 bits per heavy atom. The van der Waals surface area contributed by atoms with Gasteiger partial charge in [-0.3, -0.25) is 0 Å². The quantitative estimate of drug-likeness (QED) is 0.632. The maximum absolute atomic E-state index is 14.2. The molecule has 0 heterocycles. The van der Waals surface area contributed by atoms with Crippen LogP contribution >= 0.6 is 0 Å². The van der Waals surface area contributed by atoms with Gasteiger partial charge < -0.3 is 0 Å². The summed E-state index contributed by atoms with van der Waals surface area (Å²) in [5.41, 5.74) is 5.38. The summed E-state index contributed by atoms with van der Waals surface area (Å²) in [7, 11) is 0. The van der Waals surface area contributed by atoms with Crippen molar-refractivity contribution in [3.8, 4) is 0 Å². The second kappa shape index (κ2) is 6.46. The van der Waals surface area contributed by atoms with Crippen LogP contribution in [0.4, 0.5) is 8.78 Å². The fraction of sp³-hybridized carbons (Fsp3) is 0.684. The molecule has 0 aromatic heterocycles. The van der Waals surface area contributed by atoms with Crippen molar-refractivity contribution in [3.05, 3.63) is 34.4 Å². The highest BCUT2D eigenvalue weighted by atomic mass is 19.2. The lowest BCUT2D eigenvalue weighted by Crippen LogP contribution is -2.31. The SMILES string of the molecule is CCCCCc1ccc(C2CCCC(F)C2F)c2c1CC2. The molecule has 0 nitrogen and oxygen atoms in total. The Balaban J connectivity index is 1.80. The molecule has 3 rings (SSSR count). The van der Waals surface area contributed by atoms with Crippen molar-refractivity contribution in [1.29, 1.82) is 0 Å². The van der Waals surface area contributed by atoms with Crippen LogP contribution in [0, 0.1) is 0 Å². The number of aryl methyl sites for hydroxylation is 1. The lowest BCUT2D eigenvalue weighted by Gasteiger charge is -2.34. The first-order valence-corrected chi connectivity index (χ1v) is 8.64. The zero-order valence-electron chi connectivity index (χ0n) is 13.0. The number of hydrogen-bond acceptors (Lipinski definition) is 0. The lowest BCUT2D eigenvalue weighted by molar-refractivity contribution is 0.0983. The van der Waals surface area contributed by atoms with Crippen molar-refractivity contribution >= 4 is 0 Å². The van der Waals surface area contributed by atoms with Crippen LogP contribution in [0.5, 0.6) is 0 Å². The van der Waals surface area contributed by atoms with E-state index in [1.807, 2.05) is 0 Å². The lowest BCUT2D eigenvalue weighted by atomic mass is 9.72. The van der Waals surface area contributed by atoms with Crippen molar-refractivity contribution in [1.82, 2.24) is 0 Å². The number of alkyl halides is 2. The standard InChI is InChI=1S/C19H26F2/c1-2-3-4-6-13-9-10-16(15-12-11-14(13)15)17-7-5-8-18(20)19(17)21/h9-10,17-19H,2-8,11-12H2,1H3. The highest BCUT2D eigenvalue weighted by Crippen LogP contribution is 2.42. The normalized spacial score (nSPS) is 28.0. The number of hydrogen-bond donors (Lipinski definition) is 0. The smallest absolute Gasteiger partial charge is 0.138 e. The first-order chi connectivity index (χ1) is 10.2. The van der Waals surface area contributed by atoms with E-state index in [0.717, 1.165) is 37.7 Å². The Hall–Kier alpha value is -0.920. The van der Waals surface area contributed by atoms with E-state index in [-0.39, 0.29) is 5.92 Å². The molecule has 2 heteroatoms. The summed E-state index contributed by atoms with van der Waals surface area (Å²) in [6.45, 7) is 2.22. The summed E-state index contributed by atoms with van der Waals surface area (Å²) < 4.78 is 27.9. The predicted molar refractivity (Wildman–Crippen MR) is 83.5 cm³/mol. The van der Waals surface area contributed by atoms with E-state index in [4.69, 9.17) is 0 Å². The molecule has 3 atom stereocenters. The predicted octanol–water partition coefficient (Wildman–Crippen LogP) is 5.46. The van der Waals surface area contributed by atoms with Crippen LogP contribution in [0.1, 0.15) is 73.6 Å². The minimum absolute atomic E-state index is 0.201. The number of fused-ring (bicyclic) bond motifs is 1. The monoisotopic (exact) mass is 292 g/mol. The van der Waals surface area contributed by atoms with Crippen LogP contribution in [0.3, 0.4) is 0 Å². The van der Waals surface area contributed by atoms with E-state index in [1.165, 1.54) is 36.0 Å².